The van der Waals surface area contributed by atoms with Gasteiger partial charge in [-0.2, -0.15) is 0 Å². The molecule has 68 valence electrons. The highest BCUT2D eigenvalue weighted by Crippen LogP contribution is 2.34. The van der Waals surface area contributed by atoms with E-state index < -0.39 is 24.2 Å². The van der Waals surface area contributed by atoms with Crippen molar-refractivity contribution in [2.75, 3.05) is 0 Å². The Kier molecular flexibility index (Phi) is 3.47. The molecule has 0 aromatic carbocycles. The largest absolute Gasteiger partial charge is 0.289 e. The Morgan fingerprint density at radius 1 is 1.00 bits per heavy atom. The summed E-state index contributed by atoms with van der Waals surface area (Å²) in [6.07, 6.45) is -11.5. The first-order valence-electron chi connectivity index (χ1n) is 2.38. The van der Waals surface area contributed by atoms with Crippen molar-refractivity contribution in [1.82, 2.24) is 0 Å². The summed E-state index contributed by atoms with van der Waals surface area (Å²) in [5.74, 6) is 0. The quantitative estimate of drug-likeness (QED) is 0.485. The van der Waals surface area contributed by atoms with Crippen LogP contribution in [0.4, 0.5) is 26.3 Å². The van der Waals surface area contributed by atoms with Crippen LogP contribution in [0.2, 0.25) is 0 Å². The fraction of sp³-hybridized carbons (Fsp3) is 1.00. The summed E-state index contributed by atoms with van der Waals surface area (Å²) < 4.78 is 69.0. The number of alkyl halides is 7. The Morgan fingerprint density at radius 2 is 1.36 bits per heavy atom. The van der Waals surface area contributed by atoms with Gasteiger partial charge in [0, 0.05) is 0 Å². The second-order valence-electron chi connectivity index (χ2n) is 1.71. The van der Waals surface area contributed by atoms with Gasteiger partial charge in [0.15, 0.2) is 0 Å². The zero-order valence-corrected chi connectivity index (χ0v) is 5.63. The molecule has 0 rings (SSSR count). The molecule has 0 aromatic rings. The van der Waals surface area contributed by atoms with E-state index in [9.17, 15) is 26.3 Å². The molecular weight excluding hydrogens is 197 g/mol. The summed E-state index contributed by atoms with van der Waals surface area (Å²) in [4.78, 5) is 0. The lowest BCUT2D eigenvalue weighted by Crippen LogP contribution is -2.40. The van der Waals surface area contributed by atoms with Crippen molar-refractivity contribution in [3.8, 4) is 0 Å². The highest BCUT2D eigenvalue weighted by atomic mass is 35.5. The number of halogens is 7. The van der Waals surface area contributed by atoms with Crippen LogP contribution in [0.5, 0.6) is 0 Å². The van der Waals surface area contributed by atoms with E-state index in [1.165, 1.54) is 0 Å². The standard InChI is InChI=1S/C4H3ClF6/c5-4(11,3(9)10)1(6)2(7)8/h1-3H. The van der Waals surface area contributed by atoms with E-state index in [-0.39, 0.29) is 0 Å². The van der Waals surface area contributed by atoms with Crippen molar-refractivity contribution >= 4 is 11.6 Å². The van der Waals surface area contributed by atoms with Crippen molar-refractivity contribution < 1.29 is 26.3 Å². The fourth-order valence-electron chi connectivity index (χ4n) is 0.288. The zero-order valence-electron chi connectivity index (χ0n) is 4.88. The minimum atomic E-state index is -4.30. The predicted molar refractivity (Wildman–Crippen MR) is 26.6 cm³/mol. The Bertz CT molecular complexity index is 124. The van der Waals surface area contributed by atoms with Crippen molar-refractivity contribution in [3.63, 3.8) is 0 Å². The lowest BCUT2D eigenvalue weighted by atomic mass is 10.2. The third-order valence-electron chi connectivity index (χ3n) is 0.880. The first kappa shape index (κ1) is 10.9. The van der Waals surface area contributed by atoms with Gasteiger partial charge in [-0.3, -0.25) is 0 Å². The molecule has 0 nitrogen and oxygen atoms in total. The van der Waals surface area contributed by atoms with Crippen molar-refractivity contribution in [2.24, 2.45) is 0 Å². The molecule has 0 saturated heterocycles. The first-order chi connectivity index (χ1) is 4.80. The summed E-state index contributed by atoms with van der Waals surface area (Å²) in [6, 6.07) is 0. The maximum Gasteiger partial charge on any atom is 0.289 e. The normalized spacial score (nSPS) is 20.5. The topological polar surface area (TPSA) is 0 Å². The smallest absolute Gasteiger partial charge is 0.236 e. The number of rotatable bonds is 3. The molecule has 2 atom stereocenters. The molecule has 0 aromatic heterocycles. The summed E-state index contributed by atoms with van der Waals surface area (Å²) in [6.45, 7) is 0. The van der Waals surface area contributed by atoms with E-state index in [4.69, 9.17) is 0 Å². The summed E-state index contributed by atoms with van der Waals surface area (Å²) >= 11 is 4.14. The van der Waals surface area contributed by atoms with E-state index in [2.05, 4.69) is 11.6 Å². The van der Waals surface area contributed by atoms with Gasteiger partial charge in [-0.15, -0.1) is 0 Å². The SMILES string of the molecule is FC(F)C(F)C(F)(Cl)C(F)F. The lowest BCUT2D eigenvalue weighted by Gasteiger charge is -2.19. The van der Waals surface area contributed by atoms with Gasteiger partial charge in [0.1, 0.15) is 0 Å². The van der Waals surface area contributed by atoms with Gasteiger partial charge in [0.25, 0.3) is 18.0 Å². The maximum absolute atomic E-state index is 12.0. The monoisotopic (exact) mass is 200 g/mol. The Balaban J connectivity index is 4.29. The highest BCUT2D eigenvalue weighted by Gasteiger charge is 2.51. The molecule has 2 unspecified atom stereocenters. The van der Waals surface area contributed by atoms with Crippen LogP contribution in [0.1, 0.15) is 0 Å². The minimum Gasteiger partial charge on any atom is -0.236 e. The summed E-state index contributed by atoms with van der Waals surface area (Å²) in [5.41, 5.74) is 0. The molecule has 0 aliphatic heterocycles. The molecule has 0 radical (unpaired) electrons. The van der Waals surface area contributed by atoms with E-state index in [0.29, 0.717) is 0 Å². The van der Waals surface area contributed by atoms with E-state index in [0.717, 1.165) is 0 Å². The van der Waals surface area contributed by atoms with Gasteiger partial charge in [-0.25, -0.2) is 26.3 Å². The van der Waals surface area contributed by atoms with E-state index in [1.807, 2.05) is 0 Å². The van der Waals surface area contributed by atoms with Crippen LogP contribution in [0.3, 0.4) is 0 Å². The van der Waals surface area contributed by atoms with E-state index >= 15 is 0 Å². The van der Waals surface area contributed by atoms with Crippen molar-refractivity contribution in [1.29, 1.82) is 0 Å². The van der Waals surface area contributed by atoms with Crippen molar-refractivity contribution in [3.05, 3.63) is 0 Å². The van der Waals surface area contributed by atoms with Crippen LogP contribution in [0, 0.1) is 0 Å². The summed E-state index contributed by atoms with van der Waals surface area (Å²) in [7, 11) is 0. The van der Waals surface area contributed by atoms with Crippen LogP contribution < -0.4 is 0 Å². The molecule has 0 saturated carbocycles. The molecule has 0 spiro atoms. The molecule has 11 heavy (non-hydrogen) atoms. The average Bonchev–Trinajstić information content (AvgIpc) is 1.85. The molecule has 7 heteroatoms. The van der Waals surface area contributed by atoms with Crippen LogP contribution in [0.15, 0.2) is 0 Å². The zero-order chi connectivity index (χ0) is 9.23. The van der Waals surface area contributed by atoms with Crippen LogP contribution in [-0.2, 0) is 0 Å². The van der Waals surface area contributed by atoms with Gasteiger partial charge in [0.2, 0.25) is 6.17 Å². The van der Waals surface area contributed by atoms with Crippen molar-refractivity contribution in [2.45, 2.75) is 24.2 Å². The Labute approximate surface area is 63.1 Å². The van der Waals surface area contributed by atoms with Gasteiger partial charge < -0.3 is 0 Å². The van der Waals surface area contributed by atoms with Crippen LogP contribution in [-0.4, -0.2) is 24.2 Å². The van der Waals surface area contributed by atoms with E-state index in [1.54, 1.807) is 0 Å². The average molecular weight is 201 g/mol. The predicted octanol–water partition coefficient (Wildman–Crippen LogP) is 2.76. The van der Waals surface area contributed by atoms with Crippen LogP contribution in [0.25, 0.3) is 0 Å². The second kappa shape index (κ2) is 3.51. The second-order valence-corrected chi connectivity index (χ2v) is 2.29. The number of hydrogen-bond donors (Lipinski definition) is 0. The summed E-state index contributed by atoms with van der Waals surface area (Å²) in [5, 5.41) is -4.30. The molecule has 0 aliphatic carbocycles. The maximum atomic E-state index is 12.0. The lowest BCUT2D eigenvalue weighted by molar-refractivity contribution is -0.0805. The van der Waals surface area contributed by atoms with Gasteiger partial charge in [-0.1, -0.05) is 11.6 Å². The molecule has 0 bridgehead atoms. The third kappa shape index (κ3) is 2.43. The molecule has 0 fully saturated rings. The minimum absolute atomic E-state index is 3.68. The third-order valence-corrected chi connectivity index (χ3v) is 1.25. The molecule has 0 amide bonds. The van der Waals surface area contributed by atoms with Gasteiger partial charge >= 0.3 is 0 Å². The van der Waals surface area contributed by atoms with Gasteiger partial charge in [-0.05, 0) is 0 Å². The number of hydrogen-bond acceptors (Lipinski definition) is 0. The molecule has 0 aliphatic rings. The molecule has 0 heterocycles. The van der Waals surface area contributed by atoms with Crippen LogP contribution >= 0.6 is 11.6 Å². The Morgan fingerprint density at radius 3 is 1.45 bits per heavy atom. The molecule has 0 N–H and O–H groups in total. The Hall–Kier alpha value is -0.130. The highest BCUT2D eigenvalue weighted by molar-refractivity contribution is 6.23. The fourth-order valence-corrected chi connectivity index (χ4v) is 0.384. The molecular formula is C4H3ClF6. The van der Waals surface area contributed by atoms with Gasteiger partial charge in [0.05, 0.1) is 0 Å². The first-order valence-corrected chi connectivity index (χ1v) is 2.76.